The molecule has 8 N–H and O–H groups in total. The van der Waals surface area contributed by atoms with Crippen LogP contribution < -0.4 is 28.0 Å². The molecule has 0 aliphatic heterocycles. The first-order valence-corrected chi connectivity index (χ1v) is 13.6. The Balaban J connectivity index is 2.16. The largest absolute Gasteiger partial charge is 0.446 e. The lowest BCUT2D eigenvalue weighted by Gasteiger charge is -2.23. The van der Waals surface area contributed by atoms with E-state index in [9.17, 15) is 37.0 Å². The number of ketones is 1. The van der Waals surface area contributed by atoms with Gasteiger partial charge < -0.3 is 32.4 Å². The van der Waals surface area contributed by atoms with Gasteiger partial charge in [0, 0.05) is 39.0 Å². The zero-order chi connectivity index (χ0) is 31.4. The third kappa shape index (κ3) is 11.2. The minimum Gasteiger partial charge on any atom is -0.446 e. The fourth-order valence-electron chi connectivity index (χ4n) is 4.35. The van der Waals surface area contributed by atoms with Crippen LogP contribution in [0.15, 0.2) is 42.5 Å². The first kappa shape index (κ1) is 34.9. The Kier molecular flexibility index (Phi) is 13.6. The van der Waals surface area contributed by atoms with Gasteiger partial charge in [0.05, 0.1) is 17.6 Å². The summed E-state index contributed by atoms with van der Waals surface area (Å²) in [5.41, 5.74) is 17.3. The van der Waals surface area contributed by atoms with Gasteiger partial charge in [-0.25, -0.2) is 4.39 Å². The highest BCUT2D eigenvalue weighted by Gasteiger charge is 2.30. The molecule has 2 aromatic carbocycles. The third-order valence-corrected chi connectivity index (χ3v) is 6.71. The summed E-state index contributed by atoms with van der Waals surface area (Å²) in [5, 5.41) is 12.4. The normalized spacial score (nSPS) is 12.9. The molecule has 0 saturated heterocycles. The number of nitrogens with one attached hydrogen (secondary N) is 1. The highest BCUT2D eigenvalue weighted by Crippen LogP contribution is 2.29. The van der Waals surface area contributed by atoms with Crippen LogP contribution in [0.1, 0.15) is 36.0 Å². The number of amides is 2. The minimum atomic E-state index is -4.50. The summed E-state index contributed by atoms with van der Waals surface area (Å²) >= 11 is 0. The first-order chi connectivity index (χ1) is 19.7. The number of hydrogen-bond acceptors (Lipinski definition) is 7. The summed E-state index contributed by atoms with van der Waals surface area (Å²) in [6.07, 6.45) is -4.67. The number of nitrogens with zero attached hydrogens (tertiary/aromatic N) is 1. The average molecular weight is 595 g/mol. The number of nitrogens with two attached hydrogens (primary N) is 3. The number of halogens is 4. The molecule has 0 spiro atoms. The lowest BCUT2D eigenvalue weighted by atomic mass is 9.64. The summed E-state index contributed by atoms with van der Waals surface area (Å²) in [4.78, 5) is 40.2. The van der Waals surface area contributed by atoms with E-state index in [0.29, 0.717) is 18.7 Å². The molecular weight excluding hydrogens is 557 g/mol. The van der Waals surface area contributed by atoms with Gasteiger partial charge in [0.25, 0.3) is 0 Å². The minimum absolute atomic E-state index is 0.0161. The molecule has 0 heterocycles. The number of hydrogen-bond donors (Lipinski definition) is 5. The maximum absolute atomic E-state index is 14.1. The van der Waals surface area contributed by atoms with E-state index in [1.807, 2.05) is 0 Å². The highest BCUT2D eigenvalue weighted by atomic mass is 19.4. The smallest absolute Gasteiger partial charge is 0.416 e. The van der Waals surface area contributed by atoms with Crippen LogP contribution >= 0.6 is 0 Å². The zero-order valence-electron chi connectivity index (χ0n) is 23.5. The maximum atomic E-state index is 14.1. The second-order valence-electron chi connectivity index (χ2n) is 10.1. The van der Waals surface area contributed by atoms with Gasteiger partial charge in [-0.3, -0.25) is 14.4 Å². The number of Topliss-reactive ketones (excluding diaryl/α,β-unsaturated/α-hetero) is 1. The lowest BCUT2D eigenvalue weighted by molar-refractivity contribution is -0.137. The van der Waals surface area contributed by atoms with Gasteiger partial charge in [0.15, 0.2) is 5.78 Å². The van der Waals surface area contributed by atoms with Gasteiger partial charge in [0.2, 0.25) is 11.8 Å². The summed E-state index contributed by atoms with van der Waals surface area (Å²) < 4.78 is 52.9. The fraction of sp³-hybridized carbons (Fsp3) is 0.464. The molecule has 14 heteroatoms. The van der Waals surface area contributed by atoms with Crippen LogP contribution in [0, 0.1) is 5.82 Å². The monoisotopic (exact) mass is 595 g/mol. The predicted molar refractivity (Wildman–Crippen MR) is 152 cm³/mol. The second-order valence-corrected chi connectivity index (χ2v) is 10.1. The molecule has 9 nitrogen and oxygen atoms in total. The second kappa shape index (κ2) is 16.3. The molecule has 2 atom stereocenters. The van der Waals surface area contributed by atoms with Crippen molar-refractivity contribution in [3.05, 3.63) is 65.0 Å². The number of carbonyl (C=O) groups is 3. The SMILES string of the molecule is CB(O)c1cc(F)cc(CC(=O)[C@@H](CCc2ccc(C(F)(F)F)cc2)NC(=O)[C@@H](N)CCC(=O)N(CCN)CCN)c1. The molecule has 0 bridgehead atoms. The van der Waals surface area contributed by atoms with Crippen LogP contribution in [-0.4, -0.2) is 72.7 Å². The molecule has 2 aromatic rings. The molecule has 0 aromatic heterocycles. The third-order valence-electron chi connectivity index (χ3n) is 6.71. The van der Waals surface area contributed by atoms with Crippen molar-refractivity contribution in [3.8, 4) is 0 Å². The number of aryl methyl sites for hydroxylation is 1. The molecule has 0 fully saturated rings. The van der Waals surface area contributed by atoms with Crippen molar-refractivity contribution in [1.82, 2.24) is 10.2 Å². The molecule has 2 amide bonds. The van der Waals surface area contributed by atoms with Crippen molar-refractivity contribution in [3.63, 3.8) is 0 Å². The lowest BCUT2D eigenvalue weighted by Crippen LogP contribution is -2.49. The molecule has 42 heavy (non-hydrogen) atoms. The summed E-state index contributed by atoms with van der Waals surface area (Å²) in [6.45, 7) is 1.56. The van der Waals surface area contributed by atoms with E-state index in [1.54, 1.807) is 0 Å². The number of alkyl halides is 3. The van der Waals surface area contributed by atoms with E-state index in [4.69, 9.17) is 17.2 Å². The Morgan fingerprint density at radius 2 is 1.62 bits per heavy atom. The van der Waals surface area contributed by atoms with Gasteiger partial charge in [-0.05, 0) is 60.1 Å². The van der Waals surface area contributed by atoms with E-state index in [0.717, 1.165) is 24.3 Å². The van der Waals surface area contributed by atoms with Gasteiger partial charge in [-0.1, -0.05) is 25.0 Å². The number of rotatable bonds is 16. The van der Waals surface area contributed by atoms with Crippen molar-refractivity contribution in [2.75, 3.05) is 26.2 Å². The quantitative estimate of drug-likeness (QED) is 0.141. The van der Waals surface area contributed by atoms with E-state index in [2.05, 4.69) is 5.32 Å². The molecule has 0 unspecified atom stereocenters. The zero-order valence-corrected chi connectivity index (χ0v) is 23.5. The van der Waals surface area contributed by atoms with Crippen LogP contribution in [0.2, 0.25) is 6.82 Å². The maximum Gasteiger partial charge on any atom is 0.416 e. The van der Waals surface area contributed by atoms with Crippen molar-refractivity contribution in [2.45, 2.75) is 57.2 Å². The van der Waals surface area contributed by atoms with E-state index in [1.165, 1.54) is 29.9 Å². The van der Waals surface area contributed by atoms with Gasteiger partial charge in [-0.15, -0.1) is 0 Å². The summed E-state index contributed by atoms with van der Waals surface area (Å²) in [7, 11) is 0. The Hall–Kier alpha value is -3.33. The van der Waals surface area contributed by atoms with Crippen LogP contribution in [0.5, 0.6) is 0 Å². The van der Waals surface area contributed by atoms with E-state index >= 15 is 0 Å². The number of carbonyl (C=O) groups excluding carboxylic acids is 3. The predicted octanol–water partition coefficient (Wildman–Crippen LogP) is 0.748. The average Bonchev–Trinajstić information content (AvgIpc) is 2.92. The standard InChI is InChI=1S/C28H38BF4N5O4/c1-29(42)21-14-19(15-22(30)17-21)16-25(39)24(8-4-18-2-5-20(6-3-18)28(31,32)33)37-27(41)23(36)7-9-26(40)38(12-10-34)13-11-35/h2-3,5-6,14-15,17,23-24,42H,4,7-13,16,34-36H2,1H3,(H,37,41)/t23-,24+/m0/s1. The molecule has 2 rings (SSSR count). The summed E-state index contributed by atoms with van der Waals surface area (Å²) in [5.74, 6) is -2.10. The Bertz CT molecular complexity index is 1190. The summed E-state index contributed by atoms with van der Waals surface area (Å²) in [6, 6.07) is 5.97. The van der Waals surface area contributed by atoms with E-state index < -0.39 is 48.2 Å². The van der Waals surface area contributed by atoms with E-state index in [-0.39, 0.29) is 62.1 Å². The number of benzene rings is 2. The van der Waals surface area contributed by atoms with Crippen molar-refractivity contribution in [2.24, 2.45) is 17.2 Å². The van der Waals surface area contributed by atoms with Crippen molar-refractivity contribution in [1.29, 1.82) is 0 Å². The van der Waals surface area contributed by atoms with Crippen molar-refractivity contribution < 1.29 is 37.0 Å². The Labute approximate surface area is 242 Å². The Morgan fingerprint density at radius 1 is 1.00 bits per heavy atom. The first-order valence-electron chi connectivity index (χ1n) is 13.6. The molecule has 0 aliphatic carbocycles. The van der Waals surface area contributed by atoms with Crippen LogP contribution in [0.25, 0.3) is 0 Å². The van der Waals surface area contributed by atoms with Crippen LogP contribution in [0.4, 0.5) is 17.6 Å². The topological polar surface area (TPSA) is 165 Å². The molecular formula is C28H38BF4N5O4. The van der Waals surface area contributed by atoms with Gasteiger partial charge in [-0.2, -0.15) is 13.2 Å². The van der Waals surface area contributed by atoms with Crippen LogP contribution in [-0.2, 0) is 33.4 Å². The fourth-order valence-corrected chi connectivity index (χ4v) is 4.35. The van der Waals surface area contributed by atoms with Gasteiger partial charge in [0.1, 0.15) is 5.82 Å². The van der Waals surface area contributed by atoms with Crippen molar-refractivity contribution >= 4 is 30.0 Å². The molecule has 0 aliphatic rings. The molecule has 0 radical (unpaired) electrons. The molecule has 230 valence electrons. The van der Waals surface area contributed by atoms with Crippen LogP contribution in [0.3, 0.4) is 0 Å². The highest BCUT2D eigenvalue weighted by molar-refractivity contribution is 6.64. The molecule has 0 saturated carbocycles. The Morgan fingerprint density at radius 3 is 2.17 bits per heavy atom. The van der Waals surface area contributed by atoms with Gasteiger partial charge >= 0.3 is 13.1 Å².